The molecule has 0 aromatic heterocycles. The van der Waals surface area contributed by atoms with Crippen LogP contribution in [0, 0.1) is 0 Å². The third-order valence-electron chi connectivity index (χ3n) is 2.51. The summed E-state index contributed by atoms with van der Waals surface area (Å²) >= 11 is 5.17. The lowest BCUT2D eigenvalue weighted by molar-refractivity contribution is 0.650. The number of rotatable bonds is 1. The van der Waals surface area contributed by atoms with Crippen molar-refractivity contribution in [1.82, 2.24) is 4.90 Å². The van der Waals surface area contributed by atoms with Crippen LogP contribution >= 0.6 is 40.1 Å². The van der Waals surface area contributed by atoms with Crippen LogP contribution in [0.4, 0.5) is 0 Å². The van der Waals surface area contributed by atoms with E-state index in [0.717, 1.165) is 22.7 Å². The Morgan fingerprint density at radius 1 is 1.25 bits per heavy atom. The van der Waals surface area contributed by atoms with Gasteiger partial charge in [0.1, 0.15) is 0 Å². The topological polar surface area (TPSA) is 15.6 Å². The van der Waals surface area contributed by atoms with Gasteiger partial charge >= 0.3 is 0 Å². The highest BCUT2D eigenvalue weighted by Gasteiger charge is 2.26. The highest BCUT2D eigenvalue weighted by Crippen LogP contribution is 2.35. The van der Waals surface area contributed by atoms with E-state index in [1.54, 1.807) is 11.8 Å². The zero-order valence-corrected chi connectivity index (χ0v) is 11.6. The van der Waals surface area contributed by atoms with Gasteiger partial charge in [0.05, 0.1) is 12.2 Å². The van der Waals surface area contributed by atoms with Crippen LogP contribution in [-0.4, -0.2) is 23.2 Å². The average molecular weight is 318 g/mol. The number of benzene rings is 1. The fourth-order valence-corrected chi connectivity index (χ4v) is 3.00. The molecule has 2 nitrogen and oxygen atoms in total. The molecule has 0 N–H and O–H groups in total. The van der Waals surface area contributed by atoms with Gasteiger partial charge in [-0.2, -0.15) is 0 Å². The van der Waals surface area contributed by atoms with Crippen LogP contribution in [0.1, 0.15) is 5.56 Å². The van der Waals surface area contributed by atoms with E-state index in [0.29, 0.717) is 0 Å². The minimum Gasteiger partial charge on any atom is -0.318 e. The lowest BCUT2D eigenvalue weighted by Crippen LogP contribution is -2.19. The van der Waals surface area contributed by atoms with Crippen LogP contribution < -0.4 is 0 Å². The van der Waals surface area contributed by atoms with Crippen LogP contribution in [0.2, 0.25) is 0 Å². The largest absolute Gasteiger partial charge is 0.318 e. The Bertz CT molecular complexity index is 456. The van der Waals surface area contributed by atoms with Crippen LogP contribution in [0.3, 0.4) is 0 Å². The smallest absolute Gasteiger partial charge is 0.168 e. The van der Waals surface area contributed by atoms with Crippen molar-refractivity contribution in [2.24, 2.45) is 4.99 Å². The molecule has 2 aliphatic rings. The molecule has 0 spiro atoms. The van der Waals surface area contributed by atoms with Crippen LogP contribution in [-0.2, 0) is 0 Å². The van der Waals surface area contributed by atoms with Gasteiger partial charge in [0.2, 0.25) is 0 Å². The summed E-state index contributed by atoms with van der Waals surface area (Å²) in [5.74, 6) is 0. The van der Waals surface area contributed by atoms with Gasteiger partial charge in [-0.1, -0.05) is 39.8 Å². The lowest BCUT2D eigenvalue weighted by Gasteiger charge is -2.16. The van der Waals surface area contributed by atoms with Crippen LogP contribution in [0.25, 0.3) is 5.70 Å². The second-order valence-corrected chi connectivity index (χ2v) is 5.20. The summed E-state index contributed by atoms with van der Waals surface area (Å²) in [6.07, 6.45) is 0. The third kappa shape index (κ3) is 2.01. The molecule has 0 amide bonds. The first kappa shape index (κ1) is 12.0. The fourth-order valence-electron chi connectivity index (χ4n) is 1.77. The quantitative estimate of drug-likeness (QED) is 0.786. The molecule has 0 saturated heterocycles. The third-order valence-corrected chi connectivity index (χ3v) is 3.94. The first-order valence-electron chi connectivity index (χ1n) is 4.79. The normalized spacial score (nSPS) is 17.7. The van der Waals surface area contributed by atoms with E-state index in [1.165, 1.54) is 11.3 Å². The Morgan fingerprint density at radius 3 is 2.75 bits per heavy atom. The van der Waals surface area contributed by atoms with E-state index in [4.69, 9.17) is 0 Å². The SMILES string of the molecule is Brc1ccc(C2=CSC3=NCCN23)cc1.Cl. The molecule has 2 aliphatic heterocycles. The summed E-state index contributed by atoms with van der Waals surface area (Å²) < 4.78 is 1.12. The van der Waals surface area contributed by atoms with Gasteiger partial charge in [-0.05, 0) is 17.7 Å². The van der Waals surface area contributed by atoms with Gasteiger partial charge < -0.3 is 4.90 Å². The number of hydrogen-bond donors (Lipinski definition) is 0. The molecule has 1 aromatic rings. The second kappa shape index (κ2) is 4.82. The molecule has 0 saturated carbocycles. The Hall–Kier alpha value is -0.450. The standard InChI is InChI=1S/C11H9BrN2S.ClH/c12-9-3-1-8(2-4-9)10-7-15-11-13-5-6-14(10)11;/h1-4,7H,5-6H2;1H. The van der Waals surface area contributed by atoms with Crippen molar-refractivity contribution in [2.45, 2.75) is 0 Å². The Morgan fingerprint density at radius 2 is 2.00 bits per heavy atom. The minimum absolute atomic E-state index is 0. The fraction of sp³-hybridized carbons (Fsp3) is 0.182. The van der Waals surface area contributed by atoms with Gasteiger partial charge in [0, 0.05) is 16.4 Å². The van der Waals surface area contributed by atoms with E-state index in [-0.39, 0.29) is 12.4 Å². The summed E-state index contributed by atoms with van der Waals surface area (Å²) in [4.78, 5) is 6.72. The number of thioether (sulfide) groups is 1. The monoisotopic (exact) mass is 316 g/mol. The molecule has 0 radical (unpaired) electrons. The van der Waals surface area contributed by atoms with E-state index >= 15 is 0 Å². The highest BCUT2D eigenvalue weighted by molar-refractivity contribution is 9.10. The molecule has 5 heteroatoms. The summed E-state index contributed by atoms with van der Waals surface area (Å²) in [7, 11) is 0. The number of hydrogen-bond acceptors (Lipinski definition) is 3. The molecule has 2 heterocycles. The molecule has 0 bridgehead atoms. The molecule has 16 heavy (non-hydrogen) atoms. The Kier molecular flexibility index (Phi) is 3.62. The van der Waals surface area contributed by atoms with Crippen LogP contribution in [0.5, 0.6) is 0 Å². The number of halogens is 2. The molecular formula is C11H10BrClN2S. The Labute approximate surface area is 113 Å². The molecule has 0 unspecified atom stereocenters. The maximum absolute atomic E-state index is 4.44. The van der Waals surface area contributed by atoms with E-state index in [9.17, 15) is 0 Å². The molecule has 0 atom stereocenters. The summed E-state index contributed by atoms with van der Waals surface area (Å²) in [6.45, 7) is 1.94. The number of fused-ring (bicyclic) bond motifs is 1. The summed E-state index contributed by atoms with van der Waals surface area (Å²) in [5, 5.41) is 3.33. The van der Waals surface area contributed by atoms with Crippen molar-refractivity contribution in [3.8, 4) is 0 Å². The predicted molar refractivity (Wildman–Crippen MR) is 76.0 cm³/mol. The number of amidine groups is 1. The average Bonchev–Trinajstić information content (AvgIpc) is 2.80. The first-order valence-corrected chi connectivity index (χ1v) is 6.46. The minimum atomic E-state index is 0. The van der Waals surface area contributed by atoms with Gasteiger partial charge in [0.15, 0.2) is 5.17 Å². The van der Waals surface area contributed by atoms with Gasteiger partial charge in [-0.25, -0.2) is 0 Å². The van der Waals surface area contributed by atoms with Gasteiger partial charge in [-0.3, -0.25) is 4.99 Å². The van der Waals surface area contributed by atoms with Crippen molar-refractivity contribution in [1.29, 1.82) is 0 Å². The van der Waals surface area contributed by atoms with Crippen molar-refractivity contribution in [2.75, 3.05) is 13.1 Å². The molecule has 3 rings (SSSR count). The van der Waals surface area contributed by atoms with Crippen LogP contribution in [0.15, 0.2) is 39.1 Å². The van der Waals surface area contributed by atoms with E-state index < -0.39 is 0 Å². The van der Waals surface area contributed by atoms with Crippen molar-refractivity contribution in [3.63, 3.8) is 0 Å². The number of aliphatic imine (C=N–C) groups is 1. The van der Waals surface area contributed by atoms with Crippen molar-refractivity contribution in [3.05, 3.63) is 39.7 Å². The zero-order chi connectivity index (χ0) is 10.3. The molecular weight excluding hydrogens is 308 g/mol. The maximum Gasteiger partial charge on any atom is 0.168 e. The van der Waals surface area contributed by atoms with Gasteiger partial charge in [-0.15, -0.1) is 12.4 Å². The molecule has 84 valence electrons. The lowest BCUT2D eigenvalue weighted by atomic mass is 10.1. The van der Waals surface area contributed by atoms with Gasteiger partial charge in [0.25, 0.3) is 0 Å². The molecule has 1 aromatic carbocycles. The molecule has 0 aliphatic carbocycles. The Balaban J connectivity index is 0.000000963. The summed E-state index contributed by atoms with van der Waals surface area (Å²) in [6, 6.07) is 8.42. The highest BCUT2D eigenvalue weighted by atomic mass is 79.9. The predicted octanol–water partition coefficient (Wildman–Crippen LogP) is 3.59. The first-order chi connectivity index (χ1) is 7.34. The zero-order valence-electron chi connectivity index (χ0n) is 8.39. The van der Waals surface area contributed by atoms with E-state index in [2.05, 4.69) is 55.5 Å². The summed E-state index contributed by atoms with van der Waals surface area (Å²) in [5.41, 5.74) is 2.54. The maximum atomic E-state index is 4.44. The second-order valence-electron chi connectivity index (χ2n) is 3.44. The number of nitrogens with zero attached hydrogens (tertiary/aromatic N) is 2. The van der Waals surface area contributed by atoms with Crippen molar-refractivity contribution < 1.29 is 0 Å². The van der Waals surface area contributed by atoms with E-state index in [1.807, 2.05) is 0 Å². The molecule has 0 fully saturated rings. The van der Waals surface area contributed by atoms with Crippen molar-refractivity contribution >= 4 is 51.0 Å².